The van der Waals surface area contributed by atoms with E-state index in [1.54, 1.807) is 0 Å². The van der Waals surface area contributed by atoms with Crippen molar-refractivity contribution in [3.05, 3.63) is 0 Å². The number of hydrogen-bond acceptors (Lipinski definition) is 4. The molecule has 0 amide bonds. The van der Waals surface area contributed by atoms with Gasteiger partial charge < -0.3 is 20.1 Å². The van der Waals surface area contributed by atoms with Gasteiger partial charge in [-0.05, 0) is 0 Å². The summed E-state index contributed by atoms with van der Waals surface area (Å²) in [6, 6.07) is 0. The van der Waals surface area contributed by atoms with Gasteiger partial charge in [-0.3, -0.25) is 0 Å². The maximum Gasteiger partial charge on any atom is 0.211 e. The average Bonchev–Trinajstić information content (AvgIpc) is 2.04. The first-order valence-corrected chi connectivity index (χ1v) is 2.50. The maximum absolute atomic E-state index is 10.3. The molecule has 0 saturated heterocycles. The van der Waals surface area contributed by atoms with E-state index in [1.807, 2.05) is 0 Å². The van der Waals surface area contributed by atoms with Gasteiger partial charge >= 0.3 is 0 Å². The normalized spacial score (nSPS) is 21.2. The van der Waals surface area contributed by atoms with Gasteiger partial charge in [0.25, 0.3) is 0 Å². The molecular weight excluding hydrogens is 124 g/mol. The van der Waals surface area contributed by atoms with Crippen LogP contribution < -0.4 is 0 Å². The minimum atomic E-state index is -1.06. The summed E-state index contributed by atoms with van der Waals surface area (Å²) in [5.41, 5.74) is 0. The first kappa shape index (κ1) is 4.38. The van der Waals surface area contributed by atoms with Crippen LogP contribution in [0.15, 0.2) is 0 Å². The Labute approximate surface area is 57.1 Å². The molecule has 0 radical (unpaired) electrons. The third-order valence-corrected chi connectivity index (χ3v) is 0.879. The molecule has 0 aliphatic rings. The molecule has 0 bridgehead atoms. The fourth-order valence-corrected chi connectivity index (χ4v) is 0.331. The van der Waals surface area contributed by atoms with E-state index in [-0.39, 0.29) is 6.42 Å². The Morgan fingerprint density at radius 1 is 1.67 bits per heavy atom. The third kappa shape index (κ3) is 3.18. The Kier molecular flexibility index (Phi) is 2.16. The van der Waals surface area contributed by atoms with Crippen LogP contribution in [-0.4, -0.2) is 43.3 Å². The highest BCUT2D eigenvalue weighted by Crippen LogP contribution is 1.94. The predicted molar refractivity (Wildman–Crippen MR) is 29.8 cm³/mol. The third-order valence-electron chi connectivity index (χ3n) is 0.879. The van der Waals surface area contributed by atoms with Gasteiger partial charge in [0.05, 0.1) is 12.7 Å². The molecule has 0 spiro atoms. The summed E-state index contributed by atoms with van der Waals surface area (Å²) in [5.74, 6) is 0. The van der Waals surface area contributed by atoms with E-state index in [0.29, 0.717) is 0 Å². The van der Waals surface area contributed by atoms with Crippen molar-refractivity contribution < 1.29 is 21.5 Å². The molecule has 0 rings (SSSR count). The SMILES string of the molecule is [2H]O[C@@H](CC([2H])=O)[C@@H](CO)O[2H]. The van der Waals surface area contributed by atoms with Crippen LogP contribution in [-0.2, 0) is 4.79 Å². The number of carbonyl (C=O) groups is 1. The largest absolute Gasteiger partial charge is 0.394 e. The molecule has 4 nitrogen and oxygen atoms in total. The molecule has 0 aliphatic heterocycles. The molecule has 0 aromatic rings. The van der Waals surface area contributed by atoms with Gasteiger partial charge in [-0.1, -0.05) is 0 Å². The lowest BCUT2D eigenvalue weighted by Gasteiger charge is -2.11. The first-order valence-electron chi connectivity index (χ1n) is 3.81. The van der Waals surface area contributed by atoms with E-state index in [0.717, 1.165) is 0 Å². The van der Waals surface area contributed by atoms with E-state index in [2.05, 4.69) is 10.2 Å². The molecule has 0 fully saturated rings. The van der Waals surface area contributed by atoms with Gasteiger partial charge in [0.1, 0.15) is 13.7 Å². The maximum atomic E-state index is 10.3. The Morgan fingerprint density at radius 2 is 2.33 bits per heavy atom. The summed E-state index contributed by atoms with van der Waals surface area (Å²) < 4.78 is 19.5. The Morgan fingerprint density at radius 3 is 2.67 bits per heavy atom. The molecule has 2 atom stereocenters. The zero-order valence-electron chi connectivity index (χ0n) is 7.74. The monoisotopic (exact) mass is 137 g/mol. The highest BCUT2D eigenvalue weighted by Gasteiger charge is 2.13. The van der Waals surface area contributed by atoms with E-state index in [1.165, 1.54) is 0 Å². The number of hydrogen-bond donors (Lipinski definition) is 3. The summed E-state index contributed by atoms with van der Waals surface area (Å²) in [4.78, 5) is 10.3. The topological polar surface area (TPSA) is 77.8 Å². The van der Waals surface area contributed by atoms with Gasteiger partial charge in [0.15, 0.2) is 0 Å². The Balaban J connectivity index is 4.01. The van der Waals surface area contributed by atoms with Crippen LogP contribution >= 0.6 is 0 Å². The van der Waals surface area contributed by atoms with Crippen LogP contribution in [0.4, 0.5) is 0 Å². The van der Waals surface area contributed by atoms with Gasteiger partial charge in [0.2, 0.25) is 2.86 Å². The number of aldehydes is 1. The summed E-state index contributed by atoms with van der Waals surface area (Å²) in [7, 11) is 0. The van der Waals surface area contributed by atoms with Crippen molar-refractivity contribution in [3.8, 4) is 0 Å². The smallest absolute Gasteiger partial charge is 0.211 e. The molecule has 0 heterocycles. The minimum absolute atomic E-state index is 0.367. The molecule has 0 unspecified atom stereocenters. The van der Waals surface area contributed by atoms with Crippen LogP contribution in [0.2, 0.25) is 0 Å². The lowest BCUT2D eigenvalue weighted by molar-refractivity contribution is -0.111. The van der Waals surface area contributed by atoms with Crippen molar-refractivity contribution >= 4 is 6.26 Å². The molecule has 54 valence electrons. The van der Waals surface area contributed by atoms with Gasteiger partial charge in [-0.2, -0.15) is 0 Å². The van der Waals surface area contributed by atoms with Crippen molar-refractivity contribution in [2.24, 2.45) is 0 Å². The molecular formula is C5H10O4. The lowest BCUT2D eigenvalue weighted by Crippen LogP contribution is -2.29. The summed E-state index contributed by atoms with van der Waals surface area (Å²) in [6.45, 7) is -0.527. The van der Waals surface area contributed by atoms with Crippen molar-refractivity contribution in [2.75, 3.05) is 6.61 Å². The number of rotatable bonds is 6. The fraction of sp³-hybridized carbons (Fsp3) is 0.800. The van der Waals surface area contributed by atoms with Crippen molar-refractivity contribution in [1.29, 1.82) is 2.86 Å². The Bertz CT molecular complexity index is 139. The number of aliphatic hydroxyl groups excluding tert-OH is 3. The highest BCUT2D eigenvalue weighted by atomic mass is 16.4. The summed E-state index contributed by atoms with van der Waals surface area (Å²) in [5, 5.41) is 16.5. The number of aliphatic hydroxyl groups is 3. The second-order valence-corrected chi connectivity index (χ2v) is 1.61. The summed E-state index contributed by atoms with van der Waals surface area (Å²) >= 11 is 0. The van der Waals surface area contributed by atoms with Gasteiger partial charge in [-0.25, -0.2) is 0 Å². The molecule has 0 aromatic carbocycles. The standard InChI is InChI=1S/C5H10O4/c6-2-1-4(8)5(9)3-7/h2,4-5,7-9H,1,3H2/t4-,5+/m0/s1/i2D,8D,9D. The van der Waals surface area contributed by atoms with Crippen LogP contribution in [0.5, 0.6) is 0 Å². The highest BCUT2D eigenvalue weighted by molar-refractivity contribution is 5.50. The first-order chi connectivity index (χ1) is 5.65. The molecule has 0 saturated carbocycles. The zero-order chi connectivity index (χ0) is 9.56. The Hall–Kier alpha value is -0.450. The van der Waals surface area contributed by atoms with Crippen LogP contribution in [0.3, 0.4) is 0 Å². The van der Waals surface area contributed by atoms with Crippen molar-refractivity contribution in [3.63, 3.8) is 0 Å². The molecule has 9 heavy (non-hydrogen) atoms. The zero-order valence-corrected chi connectivity index (χ0v) is 4.74. The molecule has 4 heteroatoms. The van der Waals surface area contributed by atoms with Crippen LogP contribution in [0, 0.1) is 0 Å². The van der Waals surface area contributed by atoms with E-state index in [9.17, 15) is 4.79 Å². The van der Waals surface area contributed by atoms with Crippen molar-refractivity contribution in [2.45, 2.75) is 18.6 Å². The van der Waals surface area contributed by atoms with Crippen molar-refractivity contribution in [1.82, 2.24) is 0 Å². The lowest BCUT2D eigenvalue weighted by atomic mass is 10.2. The predicted octanol–water partition coefficient (Wildman–Crippen LogP) is -1.71. The quantitative estimate of drug-likeness (QED) is 0.381. The van der Waals surface area contributed by atoms with E-state index < -0.39 is 25.1 Å². The second-order valence-electron chi connectivity index (χ2n) is 1.61. The second kappa shape index (κ2) is 4.43. The van der Waals surface area contributed by atoms with Crippen LogP contribution in [0.1, 0.15) is 7.79 Å². The minimum Gasteiger partial charge on any atom is -0.394 e. The molecule has 0 aliphatic carbocycles. The van der Waals surface area contributed by atoms with Gasteiger partial charge in [0, 0.05) is 6.42 Å². The van der Waals surface area contributed by atoms with E-state index in [4.69, 9.17) is 9.34 Å². The molecule has 3 N–H and O–H groups in total. The molecule has 0 aromatic heterocycles. The fourth-order valence-electron chi connectivity index (χ4n) is 0.331. The van der Waals surface area contributed by atoms with E-state index >= 15 is 0 Å². The van der Waals surface area contributed by atoms with Crippen LogP contribution in [0.25, 0.3) is 0 Å². The summed E-state index contributed by atoms with van der Waals surface area (Å²) in [6.07, 6.45) is -3.41. The average molecular weight is 137 g/mol. The van der Waals surface area contributed by atoms with Gasteiger partial charge in [-0.15, -0.1) is 0 Å². The number of carbonyl (C=O) groups excluding carboxylic acids is 1.